The number of nitrogens with zero attached hydrogens (tertiary/aromatic N) is 3. The molecule has 0 spiro atoms. The van der Waals surface area contributed by atoms with E-state index in [1.807, 2.05) is 0 Å². The first kappa shape index (κ1) is 10.8. The fourth-order valence-corrected chi connectivity index (χ4v) is 2.59. The molecule has 1 saturated carbocycles. The van der Waals surface area contributed by atoms with Crippen LogP contribution in [0.3, 0.4) is 0 Å². The molecule has 0 aromatic carbocycles. The molecule has 84 valence electrons. The summed E-state index contributed by atoms with van der Waals surface area (Å²) in [6.07, 6.45) is 4.63. The SMILES string of the molecule is CCc1nsc(N(CCO)C2CCC2)n1. The van der Waals surface area contributed by atoms with Gasteiger partial charge in [0.1, 0.15) is 5.82 Å². The lowest BCUT2D eigenvalue weighted by atomic mass is 9.92. The molecular formula is C10H17N3OS. The average molecular weight is 227 g/mol. The van der Waals surface area contributed by atoms with Crippen molar-refractivity contribution >= 4 is 16.7 Å². The summed E-state index contributed by atoms with van der Waals surface area (Å²) in [5.74, 6) is 0.914. The van der Waals surface area contributed by atoms with Crippen molar-refractivity contribution < 1.29 is 5.11 Å². The van der Waals surface area contributed by atoms with Crippen LogP contribution in [0.5, 0.6) is 0 Å². The van der Waals surface area contributed by atoms with Crippen LogP contribution in [0.1, 0.15) is 32.0 Å². The van der Waals surface area contributed by atoms with Crippen LogP contribution in [0.15, 0.2) is 0 Å². The number of aromatic nitrogens is 2. The normalized spacial score (nSPS) is 16.4. The van der Waals surface area contributed by atoms with E-state index < -0.39 is 0 Å². The van der Waals surface area contributed by atoms with Crippen LogP contribution in [-0.4, -0.2) is 33.7 Å². The summed E-state index contributed by atoms with van der Waals surface area (Å²) in [5.41, 5.74) is 0. The molecule has 1 aliphatic rings. The molecule has 0 amide bonds. The molecule has 0 saturated heterocycles. The maximum atomic E-state index is 9.05. The zero-order valence-electron chi connectivity index (χ0n) is 9.02. The number of aryl methyl sites for hydroxylation is 1. The quantitative estimate of drug-likeness (QED) is 0.827. The Morgan fingerprint density at radius 2 is 2.33 bits per heavy atom. The minimum Gasteiger partial charge on any atom is -0.395 e. The zero-order valence-corrected chi connectivity index (χ0v) is 9.83. The first-order valence-electron chi connectivity index (χ1n) is 5.55. The van der Waals surface area contributed by atoms with Gasteiger partial charge in [-0.1, -0.05) is 6.92 Å². The molecule has 0 radical (unpaired) electrons. The van der Waals surface area contributed by atoms with Crippen molar-refractivity contribution in [2.24, 2.45) is 0 Å². The van der Waals surface area contributed by atoms with Gasteiger partial charge in [-0.25, -0.2) is 4.98 Å². The van der Waals surface area contributed by atoms with Gasteiger partial charge in [0.2, 0.25) is 5.13 Å². The van der Waals surface area contributed by atoms with Crippen LogP contribution in [0.2, 0.25) is 0 Å². The van der Waals surface area contributed by atoms with E-state index in [2.05, 4.69) is 21.2 Å². The van der Waals surface area contributed by atoms with Gasteiger partial charge in [0.05, 0.1) is 6.61 Å². The number of hydrogen-bond donors (Lipinski definition) is 1. The first-order valence-corrected chi connectivity index (χ1v) is 6.32. The van der Waals surface area contributed by atoms with Gasteiger partial charge < -0.3 is 10.0 Å². The van der Waals surface area contributed by atoms with Crippen molar-refractivity contribution in [3.63, 3.8) is 0 Å². The Morgan fingerprint density at radius 1 is 1.53 bits per heavy atom. The van der Waals surface area contributed by atoms with E-state index in [1.165, 1.54) is 30.8 Å². The maximum Gasteiger partial charge on any atom is 0.205 e. The van der Waals surface area contributed by atoms with Crippen LogP contribution >= 0.6 is 11.5 Å². The molecule has 1 N–H and O–H groups in total. The van der Waals surface area contributed by atoms with Gasteiger partial charge in [-0.2, -0.15) is 4.37 Å². The van der Waals surface area contributed by atoms with E-state index in [0.717, 1.165) is 17.4 Å². The monoisotopic (exact) mass is 227 g/mol. The average Bonchev–Trinajstić information content (AvgIpc) is 2.62. The first-order chi connectivity index (χ1) is 7.35. The Balaban J connectivity index is 2.08. The second-order valence-corrected chi connectivity index (χ2v) is 4.58. The molecule has 1 aromatic heterocycles. The van der Waals surface area contributed by atoms with Gasteiger partial charge in [-0.05, 0) is 19.3 Å². The van der Waals surface area contributed by atoms with Gasteiger partial charge in [0.15, 0.2) is 0 Å². The van der Waals surface area contributed by atoms with Gasteiger partial charge in [0.25, 0.3) is 0 Å². The van der Waals surface area contributed by atoms with Crippen LogP contribution in [0, 0.1) is 0 Å². The van der Waals surface area contributed by atoms with E-state index in [-0.39, 0.29) is 6.61 Å². The molecule has 1 aliphatic carbocycles. The third-order valence-electron chi connectivity index (χ3n) is 2.88. The molecule has 15 heavy (non-hydrogen) atoms. The maximum absolute atomic E-state index is 9.05. The highest BCUT2D eigenvalue weighted by Crippen LogP contribution is 2.30. The lowest BCUT2D eigenvalue weighted by Gasteiger charge is -2.36. The molecular weight excluding hydrogens is 210 g/mol. The summed E-state index contributed by atoms with van der Waals surface area (Å²) < 4.78 is 4.29. The van der Waals surface area contributed by atoms with Crippen molar-refractivity contribution in [1.29, 1.82) is 0 Å². The largest absolute Gasteiger partial charge is 0.395 e. The lowest BCUT2D eigenvalue weighted by molar-refractivity contribution is 0.283. The smallest absolute Gasteiger partial charge is 0.205 e. The zero-order chi connectivity index (χ0) is 10.7. The Hall–Kier alpha value is -0.680. The second kappa shape index (κ2) is 4.90. The second-order valence-electron chi connectivity index (χ2n) is 3.85. The fourth-order valence-electron chi connectivity index (χ4n) is 1.75. The molecule has 5 heteroatoms. The van der Waals surface area contributed by atoms with Crippen molar-refractivity contribution in [3.05, 3.63) is 5.82 Å². The Kier molecular flexibility index (Phi) is 3.53. The molecule has 0 unspecified atom stereocenters. The molecule has 0 atom stereocenters. The van der Waals surface area contributed by atoms with Gasteiger partial charge in [0, 0.05) is 30.5 Å². The van der Waals surface area contributed by atoms with Crippen molar-refractivity contribution in [2.75, 3.05) is 18.1 Å². The molecule has 0 aliphatic heterocycles. The molecule has 4 nitrogen and oxygen atoms in total. The van der Waals surface area contributed by atoms with E-state index in [0.29, 0.717) is 12.6 Å². The number of aliphatic hydroxyl groups is 1. The topological polar surface area (TPSA) is 49.2 Å². The Bertz CT molecular complexity index is 311. The van der Waals surface area contributed by atoms with Gasteiger partial charge >= 0.3 is 0 Å². The third kappa shape index (κ3) is 2.29. The molecule has 1 fully saturated rings. The summed E-state index contributed by atoms with van der Waals surface area (Å²) in [6, 6.07) is 0.579. The van der Waals surface area contributed by atoms with E-state index in [9.17, 15) is 0 Å². The minimum absolute atomic E-state index is 0.192. The molecule has 2 rings (SSSR count). The third-order valence-corrected chi connectivity index (χ3v) is 3.67. The highest BCUT2D eigenvalue weighted by atomic mass is 32.1. The standard InChI is InChI=1S/C10H17N3OS/c1-2-9-11-10(15-12-9)13(6-7-14)8-4-3-5-8/h8,14H,2-7H2,1H3. The van der Waals surface area contributed by atoms with Crippen molar-refractivity contribution in [1.82, 2.24) is 9.36 Å². The molecule has 1 aromatic rings. The summed E-state index contributed by atoms with van der Waals surface area (Å²) >= 11 is 1.45. The van der Waals surface area contributed by atoms with Crippen molar-refractivity contribution in [3.8, 4) is 0 Å². The summed E-state index contributed by atoms with van der Waals surface area (Å²) in [6.45, 7) is 2.94. The lowest BCUT2D eigenvalue weighted by Crippen LogP contribution is -2.41. The molecule has 1 heterocycles. The predicted octanol–water partition coefficient (Wildman–Crippen LogP) is 1.45. The highest BCUT2D eigenvalue weighted by molar-refractivity contribution is 7.09. The number of anilines is 1. The Morgan fingerprint density at radius 3 is 2.80 bits per heavy atom. The van der Waals surface area contributed by atoms with E-state index >= 15 is 0 Å². The molecule has 0 bridgehead atoms. The van der Waals surface area contributed by atoms with Gasteiger partial charge in [-0.15, -0.1) is 0 Å². The summed E-state index contributed by atoms with van der Waals surface area (Å²) in [4.78, 5) is 6.68. The number of aliphatic hydroxyl groups excluding tert-OH is 1. The predicted molar refractivity (Wildman–Crippen MR) is 61.4 cm³/mol. The van der Waals surface area contributed by atoms with Crippen LogP contribution in [0.4, 0.5) is 5.13 Å². The number of hydrogen-bond acceptors (Lipinski definition) is 5. The summed E-state index contributed by atoms with van der Waals surface area (Å²) in [7, 11) is 0. The van der Waals surface area contributed by atoms with Crippen LogP contribution < -0.4 is 4.90 Å². The number of rotatable bonds is 5. The van der Waals surface area contributed by atoms with Gasteiger partial charge in [-0.3, -0.25) is 0 Å². The minimum atomic E-state index is 0.192. The summed E-state index contributed by atoms with van der Waals surface area (Å²) in [5, 5.41) is 10.0. The van der Waals surface area contributed by atoms with Crippen LogP contribution in [-0.2, 0) is 6.42 Å². The van der Waals surface area contributed by atoms with Crippen LogP contribution in [0.25, 0.3) is 0 Å². The Labute approximate surface area is 94.1 Å². The van der Waals surface area contributed by atoms with E-state index in [1.54, 1.807) is 0 Å². The highest BCUT2D eigenvalue weighted by Gasteiger charge is 2.26. The fraction of sp³-hybridized carbons (Fsp3) is 0.800. The van der Waals surface area contributed by atoms with E-state index in [4.69, 9.17) is 5.11 Å². The van der Waals surface area contributed by atoms with Crippen molar-refractivity contribution in [2.45, 2.75) is 38.6 Å².